The lowest BCUT2D eigenvalue weighted by molar-refractivity contribution is -0.902. The second-order valence-electron chi connectivity index (χ2n) is 13.5. The van der Waals surface area contributed by atoms with E-state index in [0.717, 1.165) is 0 Å². The predicted molar refractivity (Wildman–Crippen MR) is 196 cm³/mol. The molecule has 0 saturated carbocycles. The van der Waals surface area contributed by atoms with Gasteiger partial charge in [0.1, 0.15) is 11.4 Å². The summed E-state index contributed by atoms with van der Waals surface area (Å²) in [6.45, 7) is 2.76. The van der Waals surface area contributed by atoms with Gasteiger partial charge in [0.15, 0.2) is 12.4 Å². The van der Waals surface area contributed by atoms with Crippen LogP contribution in [-0.2, 0) is 22.2 Å². The average Bonchev–Trinajstić information content (AvgIpc) is 3.79. The molecule has 294 valence electrons. The van der Waals surface area contributed by atoms with E-state index in [9.17, 15) is 37.5 Å². The molecule has 1 atom stereocenters. The number of pyridine rings is 1. The topological polar surface area (TPSA) is 229 Å². The summed E-state index contributed by atoms with van der Waals surface area (Å²) < 4.78 is 41.8. The van der Waals surface area contributed by atoms with E-state index >= 15 is 0 Å². The van der Waals surface area contributed by atoms with Crippen molar-refractivity contribution in [1.29, 1.82) is 0 Å². The van der Waals surface area contributed by atoms with Gasteiger partial charge in [-0.15, -0.1) is 0 Å². The number of aromatic amines is 2. The van der Waals surface area contributed by atoms with Crippen LogP contribution in [0.25, 0.3) is 11.4 Å². The normalized spacial score (nSPS) is 14.4. The molecule has 4 heterocycles. The van der Waals surface area contributed by atoms with Crippen LogP contribution in [0.2, 0.25) is 5.02 Å². The Morgan fingerprint density at radius 2 is 1.73 bits per heavy atom. The summed E-state index contributed by atoms with van der Waals surface area (Å²) in [5, 5.41) is 17.9. The van der Waals surface area contributed by atoms with Crippen molar-refractivity contribution in [3.63, 3.8) is 0 Å². The fraction of sp³-hybridized carbons (Fsp3) is 0.400. The third-order valence-electron chi connectivity index (χ3n) is 9.27. The van der Waals surface area contributed by atoms with Crippen molar-refractivity contribution in [1.82, 2.24) is 34.9 Å². The molecule has 0 bridgehead atoms. The summed E-state index contributed by atoms with van der Waals surface area (Å²) in [5.74, 6) is -2.20. The van der Waals surface area contributed by atoms with Gasteiger partial charge in [-0.1, -0.05) is 11.6 Å². The first-order valence-electron chi connectivity index (χ1n) is 17.4. The number of nitrogens with one attached hydrogen (secondary N) is 3. The lowest BCUT2D eigenvalue weighted by Gasteiger charge is -2.36. The molecule has 0 spiro atoms. The van der Waals surface area contributed by atoms with Crippen LogP contribution in [0, 0.1) is 0 Å². The number of quaternary nitrogens is 1. The highest BCUT2D eigenvalue weighted by Crippen LogP contribution is 2.36. The Balaban J connectivity index is 1.15. The number of aromatic nitrogens is 5. The van der Waals surface area contributed by atoms with E-state index in [4.69, 9.17) is 23.1 Å². The molecule has 16 nitrogen and oxygen atoms in total. The van der Waals surface area contributed by atoms with Crippen LogP contribution < -0.4 is 16.8 Å². The minimum absolute atomic E-state index is 0.0316. The van der Waals surface area contributed by atoms with Crippen molar-refractivity contribution in [3.05, 3.63) is 76.1 Å². The molecule has 1 aliphatic rings. The van der Waals surface area contributed by atoms with E-state index in [2.05, 4.69) is 25.4 Å². The molecule has 1 aromatic carbocycles. The lowest BCUT2D eigenvalue weighted by Crippen LogP contribution is -2.51. The maximum atomic E-state index is 13.8. The first kappa shape index (κ1) is 40.7. The number of nitrogens with two attached hydrogens (primary N) is 2. The second kappa shape index (κ2) is 17.3. The van der Waals surface area contributed by atoms with E-state index in [1.54, 1.807) is 9.80 Å². The molecule has 3 aromatic heterocycles. The van der Waals surface area contributed by atoms with Gasteiger partial charge in [-0.05, 0) is 36.9 Å². The maximum absolute atomic E-state index is 13.8. The Morgan fingerprint density at radius 1 is 1.02 bits per heavy atom. The molecule has 4 aromatic rings. The average molecular weight is 789 g/mol. The first-order chi connectivity index (χ1) is 26.1. The van der Waals surface area contributed by atoms with Gasteiger partial charge in [0.05, 0.1) is 48.3 Å². The minimum atomic E-state index is -4.74. The SMILES string of the molecule is C[N+](CCCN)(CCCC(=O)N1CCN(C(=O)c2ccc(NC(=O)c3ncc(Cc4c(-c5ccc(N)cn5)n[nH]c4C(F)(F)F)[nH]3)cc2Cl)CC1)CC(=O)O. The maximum Gasteiger partial charge on any atom is 0.433 e. The number of nitrogen functional groups attached to an aromatic ring is 1. The van der Waals surface area contributed by atoms with Crippen molar-refractivity contribution < 1.29 is 41.9 Å². The highest BCUT2D eigenvalue weighted by Gasteiger charge is 2.38. The van der Waals surface area contributed by atoms with Gasteiger partial charge in [0, 0.05) is 75.0 Å². The highest BCUT2D eigenvalue weighted by molar-refractivity contribution is 6.34. The summed E-state index contributed by atoms with van der Waals surface area (Å²) in [7, 11) is 1.85. The van der Waals surface area contributed by atoms with Crippen molar-refractivity contribution in [2.24, 2.45) is 5.73 Å². The molecule has 55 heavy (non-hydrogen) atoms. The van der Waals surface area contributed by atoms with Crippen molar-refractivity contribution >= 4 is 46.7 Å². The Hall–Kier alpha value is -5.53. The third-order valence-corrected chi connectivity index (χ3v) is 9.59. The Morgan fingerprint density at radius 3 is 2.36 bits per heavy atom. The van der Waals surface area contributed by atoms with Gasteiger partial charge in [0.2, 0.25) is 5.91 Å². The van der Waals surface area contributed by atoms with Crippen LogP contribution in [0.4, 0.5) is 24.5 Å². The van der Waals surface area contributed by atoms with Crippen LogP contribution in [-0.4, -0.2) is 128 Å². The Kier molecular flexibility index (Phi) is 12.8. The number of hydrogen-bond acceptors (Lipinski definition) is 9. The summed E-state index contributed by atoms with van der Waals surface area (Å²) >= 11 is 6.47. The number of likely N-dealkylation sites (N-methyl/N-ethyl adjacent to an activating group) is 1. The van der Waals surface area contributed by atoms with Gasteiger partial charge >= 0.3 is 12.1 Å². The van der Waals surface area contributed by atoms with Gasteiger partial charge in [-0.2, -0.15) is 18.3 Å². The lowest BCUT2D eigenvalue weighted by atomic mass is 10.0. The highest BCUT2D eigenvalue weighted by atomic mass is 35.5. The predicted octanol–water partition coefficient (Wildman–Crippen LogP) is 3.24. The molecule has 5 rings (SSSR count). The monoisotopic (exact) mass is 788 g/mol. The van der Waals surface area contributed by atoms with Gasteiger partial charge in [0.25, 0.3) is 11.8 Å². The minimum Gasteiger partial charge on any atom is -0.477 e. The van der Waals surface area contributed by atoms with Crippen LogP contribution in [0.15, 0.2) is 42.7 Å². The molecule has 0 aliphatic carbocycles. The van der Waals surface area contributed by atoms with E-state index < -0.39 is 23.7 Å². The Bertz CT molecular complexity index is 2010. The van der Waals surface area contributed by atoms with Crippen LogP contribution in [0.1, 0.15) is 57.2 Å². The van der Waals surface area contributed by atoms with E-state index in [1.807, 2.05) is 12.1 Å². The molecule has 1 saturated heterocycles. The fourth-order valence-corrected chi connectivity index (χ4v) is 6.67. The number of carbonyl (C=O) groups is 4. The van der Waals surface area contributed by atoms with Gasteiger partial charge < -0.3 is 41.2 Å². The molecule has 0 radical (unpaired) electrons. The van der Waals surface area contributed by atoms with Gasteiger partial charge in [-0.3, -0.25) is 24.5 Å². The van der Waals surface area contributed by atoms with Crippen LogP contribution in [0.3, 0.4) is 0 Å². The van der Waals surface area contributed by atoms with Gasteiger partial charge in [-0.25, -0.2) is 9.78 Å². The number of nitrogens with zero attached hydrogens (tertiary/aromatic N) is 6. The molecule has 20 heteroatoms. The van der Waals surface area contributed by atoms with E-state index in [1.165, 1.54) is 42.7 Å². The number of anilines is 2. The third kappa shape index (κ3) is 10.4. The molecule has 1 fully saturated rings. The van der Waals surface area contributed by atoms with Crippen molar-refractivity contribution in [2.75, 3.05) is 70.5 Å². The summed E-state index contributed by atoms with van der Waals surface area (Å²) in [5.41, 5.74) is 11.1. The second-order valence-corrected chi connectivity index (χ2v) is 13.9. The fourth-order valence-electron chi connectivity index (χ4n) is 6.41. The van der Waals surface area contributed by atoms with E-state index in [-0.39, 0.29) is 89.0 Å². The number of carbonyl (C=O) groups excluding carboxylic acids is 3. The zero-order valence-electron chi connectivity index (χ0n) is 30.0. The van der Waals surface area contributed by atoms with Crippen LogP contribution >= 0.6 is 11.6 Å². The number of rotatable bonds is 15. The van der Waals surface area contributed by atoms with Crippen molar-refractivity contribution in [2.45, 2.75) is 31.9 Å². The summed E-state index contributed by atoms with van der Waals surface area (Å²) in [6.07, 6.45) is -1.04. The smallest absolute Gasteiger partial charge is 0.433 e. The largest absolute Gasteiger partial charge is 0.477 e. The summed E-state index contributed by atoms with van der Waals surface area (Å²) in [4.78, 5) is 64.8. The molecule has 3 amide bonds. The van der Waals surface area contributed by atoms with E-state index in [0.29, 0.717) is 55.7 Å². The number of aliphatic carboxylic acids is 1. The number of carboxylic acids is 1. The quantitative estimate of drug-likeness (QED) is 0.0964. The Labute approximate surface area is 318 Å². The van der Waals surface area contributed by atoms with Crippen molar-refractivity contribution in [3.8, 4) is 11.4 Å². The number of amides is 3. The number of alkyl halides is 3. The van der Waals surface area contributed by atoms with Crippen LogP contribution in [0.5, 0.6) is 0 Å². The zero-order chi connectivity index (χ0) is 39.9. The number of halogens is 4. The molecular weight excluding hydrogens is 747 g/mol. The molecular formula is C35H42ClF3N11O5+. The summed E-state index contributed by atoms with van der Waals surface area (Å²) in [6, 6.07) is 7.29. The molecule has 1 unspecified atom stereocenters. The molecule has 1 aliphatic heterocycles. The number of H-pyrrole nitrogens is 2. The zero-order valence-corrected chi connectivity index (χ0v) is 30.7. The number of carboxylic acid groups (broad SMARTS) is 1. The molecule has 8 N–H and O–H groups in total. The standard InChI is InChI=1S/C35H41ClF3N11O5/c1-50(15-3-9-40,20-29(52)53)14-2-4-28(51)48-10-12-49(13-11-48)34(55)24-7-6-22(17-26(24)36)45-33(54)32-43-19-23(44-32)16-25-30(27-8-5-21(41)18-42-27)46-47-31(25)35(37,38)39/h5-8,17-19H,2-4,9-16,20,40H2,1H3,(H5-,41,42,43,44,45,46,47,52,53,54,55)/p+1. The first-order valence-corrected chi connectivity index (χ1v) is 17.8. The number of piperazine rings is 1. The number of benzene rings is 1. The number of hydrogen-bond donors (Lipinski definition) is 6. The number of imidazole rings is 1.